The summed E-state index contributed by atoms with van der Waals surface area (Å²) in [6.45, 7) is 3.66. The predicted octanol–water partition coefficient (Wildman–Crippen LogP) is 5.84. The average Bonchev–Trinajstić information content (AvgIpc) is 3.42. The van der Waals surface area contributed by atoms with E-state index in [1.54, 1.807) is 80.0 Å². The number of benzene rings is 3. The van der Waals surface area contributed by atoms with Crippen LogP contribution in [0, 0.1) is 6.92 Å². The van der Waals surface area contributed by atoms with Crippen molar-refractivity contribution >= 4 is 52.8 Å². The molecule has 1 N–H and O–H groups in total. The first-order valence-corrected chi connectivity index (χ1v) is 16.6. The van der Waals surface area contributed by atoms with Gasteiger partial charge in [0.2, 0.25) is 17.8 Å². The van der Waals surface area contributed by atoms with Crippen LogP contribution in [0.1, 0.15) is 23.6 Å². The van der Waals surface area contributed by atoms with E-state index >= 15 is 4.79 Å². The summed E-state index contributed by atoms with van der Waals surface area (Å²) in [7, 11) is 3.15. The number of nitrogens with one attached hydrogen (secondary N) is 1. The van der Waals surface area contributed by atoms with Crippen LogP contribution >= 0.6 is 23.4 Å². The molecule has 2 aliphatic heterocycles. The maximum Gasteiger partial charge on any atom is 0.329 e. The number of carbonyl (C=O) groups is 3. The van der Waals surface area contributed by atoms with Gasteiger partial charge >= 0.3 is 6.03 Å². The Morgan fingerprint density at radius 1 is 0.917 bits per heavy atom. The molecule has 0 saturated carbocycles. The third-order valence-corrected chi connectivity index (χ3v) is 10.4. The number of amides is 4. The number of anilines is 2. The van der Waals surface area contributed by atoms with Crippen LogP contribution < -0.4 is 19.7 Å². The molecule has 4 amide bonds. The highest BCUT2D eigenvalue weighted by atomic mass is 35.5. The Hall–Kier alpha value is -4.81. The zero-order valence-corrected chi connectivity index (χ0v) is 28.3. The molecule has 1 aromatic heterocycles. The molecule has 2 saturated heterocycles. The molecule has 248 valence electrons. The number of methoxy groups -OCH3 is 2. The summed E-state index contributed by atoms with van der Waals surface area (Å²) in [5.74, 6) is 1.15. The minimum Gasteiger partial charge on any atom is -0.497 e. The van der Waals surface area contributed by atoms with Crippen LogP contribution in [-0.4, -0.2) is 82.8 Å². The lowest BCUT2D eigenvalue weighted by Crippen LogP contribution is -2.56. The van der Waals surface area contributed by atoms with E-state index in [0.29, 0.717) is 59.9 Å². The Kier molecular flexibility index (Phi) is 9.74. The molecule has 0 bridgehead atoms. The van der Waals surface area contributed by atoms with Crippen molar-refractivity contribution in [1.82, 2.24) is 19.8 Å². The molecule has 2 atom stereocenters. The number of ether oxygens (including phenoxy) is 2. The van der Waals surface area contributed by atoms with Crippen molar-refractivity contribution < 1.29 is 23.9 Å². The highest BCUT2D eigenvalue weighted by Crippen LogP contribution is 2.54. The minimum absolute atomic E-state index is 0.205. The first-order chi connectivity index (χ1) is 23.2. The Morgan fingerprint density at radius 2 is 1.54 bits per heavy atom. The van der Waals surface area contributed by atoms with Crippen molar-refractivity contribution in [2.75, 3.05) is 50.6 Å². The fourth-order valence-corrected chi connectivity index (χ4v) is 7.70. The van der Waals surface area contributed by atoms with Crippen LogP contribution in [-0.2, 0) is 9.59 Å². The number of carbonyl (C=O) groups excluding carboxylic acids is 3. The Morgan fingerprint density at radius 3 is 2.15 bits per heavy atom. The number of rotatable bonds is 8. The van der Waals surface area contributed by atoms with Gasteiger partial charge in [0.25, 0.3) is 0 Å². The SMILES string of the molecule is COc1ccc(S[C@]2(C(=O)N3CCN(c4ncccn4)CC3)CC(=O)N(C(=O)Nc3ccc(C)c(Cl)c3)[C@@H]2c2ccc(OC)cc2)cc1. The van der Waals surface area contributed by atoms with Crippen LogP contribution in [0.4, 0.5) is 16.4 Å². The van der Waals surface area contributed by atoms with Gasteiger partial charge in [-0.25, -0.2) is 14.8 Å². The molecule has 6 rings (SSSR count). The summed E-state index contributed by atoms with van der Waals surface area (Å²) in [5.41, 5.74) is 1.90. The molecular formula is C35H35ClN6O5S. The average molecular weight is 687 g/mol. The van der Waals surface area contributed by atoms with Gasteiger partial charge < -0.3 is 24.6 Å². The number of likely N-dealkylation sites (tertiary alicyclic amines) is 1. The van der Waals surface area contributed by atoms with Crippen LogP contribution in [0.2, 0.25) is 5.02 Å². The van der Waals surface area contributed by atoms with E-state index in [9.17, 15) is 9.59 Å². The topological polar surface area (TPSA) is 117 Å². The maximum absolute atomic E-state index is 15.0. The third-order valence-electron chi connectivity index (χ3n) is 8.58. The maximum atomic E-state index is 15.0. The number of hydrogen-bond acceptors (Lipinski definition) is 9. The number of nitrogens with zero attached hydrogens (tertiary/aromatic N) is 5. The third kappa shape index (κ3) is 6.63. The molecule has 4 aromatic rings. The number of hydrogen-bond donors (Lipinski definition) is 1. The quantitative estimate of drug-likeness (QED) is 0.244. The van der Waals surface area contributed by atoms with Crippen molar-refractivity contribution in [2.24, 2.45) is 0 Å². The molecule has 48 heavy (non-hydrogen) atoms. The normalized spacial score (nSPS) is 19.3. The second-order valence-corrected chi connectivity index (χ2v) is 13.3. The number of piperazine rings is 1. The van der Waals surface area contributed by atoms with Crippen LogP contribution in [0.15, 0.2) is 90.1 Å². The molecule has 0 radical (unpaired) electrons. The molecule has 0 aliphatic carbocycles. The number of aryl methyl sites for hydroxylation is 1. The van der Waals surface area contributed by atoms with Crippen molar-refractivity contribution in [2.45, 2.75) is 29.0 Å². The van der Waals surface area contributed by atoms with E-state index < -0.39 is 22.7 Å². The van der Waals surface area contributed by atoms with Gasteiger partial charge in [-0.2, -0.15) is 0 Å². The van der Waals surface area contributed by atoms with E-state index in [2.05, 4.69) is 15.3 Å². The lowest BCUT2D eigenvalue weighted by atomic mass is 9.90. The minimum atomic E-state index is -1.41. The van der Waals surface area contributed by atoms with Crippen LogP contribution in [0.25, 0.3) is 0 Å². The van der Waals surface area contributed by atoms with Crippen molar-refractivity contribution in [3.63, 3.8) is 0 Å². The van der Waals surface area contributed by atoms with Gasteiger partial charge in [0, 0.05) is 54.2 Å². The first-order valence-electron chi connectivity index (χ1n) is 15.4. The zero-order chi connectivity index (χ0) is 33.8. The Labute approximate surface area is 288 Å². The second kappa shape index (κ2) is 14.1. The van der Waals surface area contributed by atoms with Gasteiger partial charge in [0.1, 0.15) is 16.2 Å². The molecular weight excluding hydrogens is 652 g/mol. The summed E-state index contributed by atoms with van der Waals surface area (Å²) < 4.78 is 9.37. The monoisotopic (exact) mass is 686 g/mol. The first kappa shape index (κ1) is 33.1. The van der Waals surface area contributed by atoms with E-state index in [0.717, 1.165) is 10.5 Å². The zero-order valence-electron chi connectivity index (χ0n) is 26.8. The van der Waals surface area contributed by atoms with E-state index in [4.69, 9.17) is 21.1 Å². The van der Waals surface area contributed by atoms with Gasteiger partial charge in [-0.3, -0.25) is 14.5 Å². The van der Waals surface area contributed by atoms with Crippen molar-refractivity contribution in [1.29, 1.82) is 0 Å². The van der Waals surface area contributed by atoms with Gasteiger partial charge in [0.15, 0.2) is 0 Å². The molecule has 2 fully saturated rings. The predicted molar refractivity (Wildman–Crippen MR) is 185 cm³/mol. The molecule has 11 nitrogen and oxygen atoms in total. The molecule has 0 unspecified atom stereocenters. The standard InChI is InChI=1S/C35H35ClN6O5S/c1-23-5-8-25(21-29(23)36)39-34(45)42-30(43)22-35(48-28-13-11-27(47-3)12-14-28,31(42)24-6-9-26(46-2)10-7-24)32(44)40-17-19-41(20-18-40)33-37-15-4-16-38-33/h4-16,21,31H,17-20,22H2,1-3H3,(H,39,45)/t31-,35-/m1/s1. The smallest absolute Gasteiger partial charge is 0.329 e. The summed E-state index contributed by atoms with van der Waals surface area (Å²) in [6, 6.07) is 19.7. The second-order valence-electron chi connectivity index (χ2n) is 11.5. The van der Waals surface area contributed by atoms with E-state index in [1.165, 1.54) is 16.7 Å². The number of imide groups is 1. The summed E-state index contributed by atoms with van der Waals surface area (Å²) >= 11 is 7.64. The lowest BCUT2D eigenvalue weighted by Gasteiger charge is -2.42. The van der Waals surface area contributed by atoms with Crippen molar-refractivity contribution in [3.05, 3.63) is 101 Å². The highest BCUT2D eigenvalue weighted by Gasteiger charge is 2.61. The van der Waals surface area contributed by atoms with Gasteiger partial charge in [-0.1, -0.05) is 29.8 Å². The number of urea groups is 1. The van der Waals surface area contributed by atoms with Crippen LogP contribution in [0.3, 0.4) is 0 Å². The van der Waals surface area contributed by atoms with E-state index in [1.807, 2.05) is 36.1 Å². The highest BCUT2D eigenvalue weighted by molar-refractivity contribution is 8.01. The summed E-state index contributed by atoms with van der Waals surface area (Å²) in [5, 5.41) is 3.33. The summed E-state index contributed by atoms with van der Waals surface area (Å²) in [6.07, 6.45) is 3.17. The van der Waals surface area contributed by atoms with E-state index in [-0.39, 0.29) is 12.3 Å². The fourth-order valence-electron chi connectivity index (χ4n) is 6.06. The number of halogens is 1. The van der Waals surface area contributed by atoms with Gasteiger partial charge in [0.05, 0.1) is 26.7 Å². The molecule has 3 aromatic carbocycles. The Bertz CT molecular complexity index is 1790. The Balaban J connectivity index is 1.41. The molecule has 3 heterocycles. The lowest BCUT2D eigenvalue weighted by molar-refractivity contribution is -0.135. The fraction of sp³-hybridized carbons (Fsp3) is 0.286. The molecule has 0 spiro atoms. The largest absolute Gasteiger partial charge is 0.497 e. The number of aromatic nitrogens is 2. The van der Waals surface area contributed by atoms with Gasteiger partial charge in [-0.15, -0.1) is 11.8 Å². The summed E-state index contributed by atoms with van der Waals surface area (Å²) in [4.78, 5) is 57.8. The molecule has 2 aliphatic rings. The van der Waals surface area contributed by atoms with Crippen LogP contribution in [0.5, 0.6) is 11.5 Å². The van der Waals surface area contributed by atoms with Crippen molar-refractivity contribution in [3.8, 4) is 11.5 Å². The van der Waals surface area contributed by atoms with Gasteiger partial charge in [-0.05, 0) is 72.6 Å². The molecule has 13 heteroatoms. The number of thioether (sulfide) groups is 1.